The van der Waals surface area contributed by atoms with Crippen LogP contribution in [0.25, 0.3) is 5.65 Å². The zero-order valence-electron chi connectivity index (χ0n) is 10.5. The number of imidazole rings is 1. The van der Waals surface area contributed by atoms with Gasteiger partial charge < -0.3 is 9.84 Å². The SMILES string of the molecule is Cc1nn2ccnc2cc1O[C@@H](C)C(C)(C)O. The smallest absolute Gasteiger partial charge is 0.157 e. The monoisotopic (exact) mass is 235 g/mol. The summed E-state index contributed by atoms with van der Waals surface area (Å²) in [7, 11) is 0. The number of fused-ring (bicyclic) bond motifs is 1. The normalized spacial score (nSPS) is 13.9. The molecule has 5 nitrogen and oxygen atoms in total. The summed E-state index contributed by atoms with van der Waals surface area (Å²) in [6, 6.07) is 1.82. The lowest BCUT2D eigenvalue weighted by Gasteiger charge is -2.26. The molecule has 1 atom stereocenters. The topological polar surface area (TPSA) is 59.7 Å². The van der Waals surface area contributed by atoms with Crippen molar-refractivity contribution in [3.05, 3.63) is 24.2 Å². The Kier molecular flexibility index (Phi) is 2.79. The van der Waals surface area contributed by atoms with Crippen LogP contribution in [0, 0.1) is 6.92 Å². The van der Waals surface area contributed by atoms with Crippen LogP contribution in [-0.2, 0) is 0 Å². The van der Waals surface area contributed by atoms with Crippen LogP contribution >= 0.6 is 0 Å². The van der Waals surface area contributed by atoms with Gasteiger partial charge >= 0.3 is 0 Å². The van der Waals surface area contributed by atoms with Crippen molar-refractivity contribution in [2.75, 3.05) is 0 Å². The first kappa shape index (κ1) is 11.9. The van der Waals surface area contributed by atoms with Crippen LogP contribution in [0.2, 0.25) is 0 Å². The molecule has 0 fully saturated rings. The van der Waals surface area contributed by atoms with E-state index in [0.29, 0.717) is 5.75 Å². The Hall–Kier alpha value is -1.62. The van der Waals surface area contributed by atoms with E-state index in [1.54, 1.807) is 30.8 Å². The largest absolute Gasteiger partial charge is 0.486 e. The molecule has 0 radical (unpaired) electrons. The van der Waals surface area contributed by atoms with Crippen molar-refractivity contribution in [2.45, 2.75) is 39.4 Å². The van der Waals surface area contributed by atoms with Crippen molar-refractivity contribution in [3.8, 4) is 5.75 Å². The molecule has 0 aliphatic carbocycles. The average molecular weight is 235 g/mol. The standard InChI is InChI=1S/C12H17N3O2/c1-8-10(17-9(2)12(3,4)16)7-11-13-5-6-15(11)14-8/h5-7,9,16H,1-4H3/t9-/m0/s1. The van der Waals surface area contributed by atoms with Gasteiger partial charge in [-0.05, 0) is 27.7 Å². The average Bonchev–Trinajstić information content (AvgIpc) is 2.63. The highest BCUT2D eigenvalue weighted by Gasteiger charge is 2.24. The molecule has 0 aliphatic rings. The molecular formula is C12H17N3O2. The first-order chi connectivity index (χ1) is 7.88. The van der Waals surface area contributed by atoms with Gasteiger partial charge in [0, 0.05) is 18.5 Å². The van der Waals surface area contributed by atoms with Crippen molar-refractivity contribution >= 4 is 5.65 Å². The molecule has 1 N–H and O–H groups in total. The number of aryl methyl sites for hydroxylation is 1. The van der Waals surface area contributed by atoms with Crippen LogP contribution in [-0.4, -0.2) is 31.4 Å². The van der Waals surface area contributed by atoms with Crippen molar-refractivity contribution < 1.29 is 9.84 Å². The van der Waals surface area contributed by atoms with Gasteiger partial charge in [-0.1, -0.05) is 0 Å². The minimum Gasteiger partial charge on any atom is -0.486 e. The lowest BCUT2D eigenvalue weighted by Crippen LogP contribution is -2.38. The van der Waals surface area contributed by atoms with Crippen LogP contribution in [0.3, 0.4) is 0 Å². The highest BCUT2D eigenvalue weighted by Crippen LogP contribution is 2.22. The van der Waals surface area contributed by atoms with E-state index in [4.69, 9.17) is 4.74 Å². The summed E-state index contributed by atoms with van der Waals surface area (Å²) in [6.45, 7) is 7.13. The highest BCUT2D eigenvalue weighted by molar-refractivity contribution is 5.44. The number of aromatic nitrogens is 3. The molecule has 17 heavy (non-hydrogen) atoms. The zero-order valence-corrected chi connectivity index (χ0v) is 10.5. The first-order valence-corrected chi connectivity index (χ1v) is 5.58. The number of hydrogen-bond donors (Lipinski definition) is 1. The third-order valence-corrected chi connectivity index (χ3v) is 2.82. The van der Waals surface area contributed by atoms with Crippen LogP contribution in [0.1, 0.15) is 26.5 Å². The van der Waals surface area contributed by atoms with E-state index in [0.717, 1.165) is 11.3 Å². The van der Waals surface area contributed by atoms with Crippen LogP contribution in [0.4, 0.5) is 0 Å². The summed E-state index contributed by atoms with van der Waals surface area (Å²) in [6.07, 6.45) is 3.15. The summed E-state index contributed by atoms with van der Waals surface area (Å²) < 4.78 is 7.41. The van der Waals surface area contributed by atoms with E-state index in [9.17, 15) is 5.11 Å². The Labute approximate surface area is 100 Å². The van der Waals surface area contributed by atoms with Gasteiger partial charge in [-0.2, -0.15) is 5.10 Å². The lowest BCUT2D eigenvalue weighted by atomic mass is 10.0. The Morgan fingerprint density at radius 1 is 1.47 bits per heavy atom. The van der Waals surface area contributed by atoms with Gasteiger partial charge in [-0.3, -0.25) is 0 Å². The van der Waals surface area contributed by atoms with E-state index < -0.39 is 5.60 Å². The van der Waals surface area contributed by atoms with Gasteiger partial charge in [0.05, 0.1) is 5.60 Å². The first-order valence-electron chi connectivity index (χ1n) is 5.58. The van der Waals surface area contributed by atoms with Crippen LogP contribution < -0.4 is 4.74 Å². The molecule has 0 saturated carbocycles. The molecule has 2 heterocycles. The fourth-order valence-electron chi connectivity index (χ4n) is 1.38. The Morgan fingerprint density at radius 3 is 2.82 bits per heavy atom. The number of hydrogen-bond acceptors (Lipinski definition) is 4. The minimum absolute atomic E-state index is 0.319. The van der Waals surface area contributed by atoms with E-state index in [1.165, 1.54) is 0 Å². The minimum atomic E-state index is -0.895. The quantitative estimate of drug-likeness (QED) is 0.877. The Bertz CT molecular complexity index is 528. The summed E-state index contributed by atoms with van der Waals surface area (Å²) >= 11 is 0. The molecule has 2 rings (SSSR count). The summed E-state index contributed by atoms with van der Waals surface area (Å²) in [5.41, 5.74) is 0.605. The molecule has 92 valence electrons. The van der Waals surface area contributed by atoms with Gasteiger partial charge in [-0.15, -0.1) is 0 Å². The molecule has 2 aromatic rings. The lowest BCUT2D eigenvalue weighted by molar-refractivity contribution is -0.0245. The highest BCUT2D eigenvalue weighted by atomic mass is 16.5. The molecule has 0 bridgehead atoms. The van der Waals surface area contributed by atoms with E-state index >= 15 is 0 Å². The molecule has 2 aromatic heterocycles. The Morgan fingerprint density at radius 2 is 2.18 bits per heavy atom. The predicted octanol–water partition coefficient (Wildman–Crippen LogP) is 1.58. The van der Waals surface area contributed by atoms with Gasteiger partial charge in [0.2, 0.25) is 0 Å². The van der Waals surface area contributed by atoms with Crippen molar-refractivity contribution in [1.29, 1.82) is 0 Å². The zero-order chi connectivity index (χ0) is 12.6. The van der Waals surface area contributed by atoms with Crippen LogP contribution in [0.15, 0.2) is 18.5 Å². The third kappa shape index (κ3) is 2.39. The Balaban J connectivity index is 2.32. The van der Waals surface area contributed by atoms with Crippen molar-refractivity contribution in [3.63, 3.8) is 0 Å². The molecule has 0 unspecified atom stereocenters. The second-order valence-electron chi connectivity index (χ2n) is 4.74. The maximum atomic E-state index is 9.85. The molecule has 0 saturated heterocycles. The van der Waals surface area contributed by atoms with Gasteiger partial charge in [0.25, 0.3) is 0 Å². The van der Waals surface area contributed by atoms with Crippen molar-refractivity contribution in [2.24, 2.45) is 0 Å². The molecule has 0 aliphatic heterocycles. The number of rotatable bonds is 3. The number of aliphatic hydroxyl groups is 1. The summed E-state index contributed by atoms with van der Waals surface area (Å²) in [5, 5.41) is 14.2. The third-order valence-electron chi connectivity index (χ3n) is 2.82. The summed E-state index contributed by atoms with van der Waals surface area (Å²) in [5.74, 6) is 0.651. The van der Waals surface area contributed by atoms with Gasteiger partial charge in [0.1, 0.15) is 17.5 Å². The van der Waals surface area contributed by atoms with Gasteiger partial charge in [-0.25, -0.2) is 9.50 Å². The molecule has 0 amide bonds. The second kappa shape index (κ2) is 4.00. The van der Waals surface area contributed by atoms with Gasteiger partial charge in [0.15, 0.2) is 5.65 Å². The predicted molar refractivity (Wildman–Crippen MR) is 64.1 cm³/mol. The molecule has 0 aromatic carbocycles. The molecular weight excluding hydrogens is 218 g/mol. The molecule has 0 spiro atoms. The number of ether oxygens (including phenoxy) is 1. The fourth-order valence-corrected chi connectivity index (χ4v) is 1.38. The maximum Gasteiger partial charge on any atom is 0.157 e. The second-order valence-corrected chi connectivity index (χ2v) is 4.74. The van der Waals surface area contributed by atoms with Crippen LogP contribution in [0.5, 0.6) is 5.75 Å². The van der Waals surface area contributed by atoms with E-state index in [1.807, 2.05) is 19.9 Å². The van der Waals surface area contributed by atoms with E-state index in [2.05, 4.69) is 10.1 Å². The van der Waals surface area contributed by atoms with E-state index in [-0.39, 0.29) is 6.10 Å². The molecule has 5 heteroatoms. The number of nitrogens with zero attached hydrogens (tertiary/aromatic N) is 3. The maximum absolute atomic E-state index is 9.85. The van der Waals surface area contributed by atoms with Crippen molar-refractivity contribution in [1.82, 2.24) is 14.6 Å². The summed E-state index contributed by atoms with van der Waals surface area (Å²) in [4.78, 5) is 4.15. The fraction of sp³-hybridized carbons (Fsp3) is 0.500.